The van der Waals surface area contributed by atoms with Gasteiger partial charge in [-0.2, -0.15) is 0 Å². The second-order valence-electron chi connectivity index (χ2n) is 12.9. The largest absolute Gasteiger partial charge is 0.496 e. The first-order valence-electron chi connectivity index (χ1n) is 14.3. The number of rotatable bonds is 6. The van der Waals surface area contributed by atoms with E-state index in [-0.39, 0.29) is 11.0 Å². The van der Waals surface area contributed by atoms with Gasteiger partial charge in [-0.15, -0.1) is 0 Å². The van der Waals surface area contributed by atoms with E-state index >= 15 is 0 Å². The minimum atomic E-state index is -0.0790. The van der Waals surface area contributed by atoms with Gasteiger partial charge in [0.15, 0.2) is 5.78 Å². The predicted molar refractivity (Wildman–Crippen MR) is 144 cm³/mol. The summed E-state index contributed by atoms with van der Waals surface area (Å²) in [6, 6.07) is 12.0. The van der Waals surface area contributed by atoms with Gasteiger partial charge in [0.2, 0.25) is 0 Å². The molecular weight excluding hydrogens is 460 g/mol. The van der Waals surface area contributed by atoms with Crippen LogP contribution in [0.4, 0.5) is 0 Å². The van der Waals surface area contributed by atoms with E-state index in [1.165, 1.54) is 25.0 Å². The highest BCUT2D eigenvalue weighted by Crippen LogP contribution is 2.60. The van der Waals surface area contributed by atoms with E-state index in [1.54, 1.807) is 13.2 Å². The second-order valence-corrected chi connectivity index (χ2v) is 12.9. The lowest BCUT2D eigenvalue weighted by Crippen LogP contribution is -2.49. The number of ketones is 1. The molecule has 5 nitrogen and oxygen atoms in total. The Bertz CT molecular complexity index is 1270. The molecule has 6 aliphatic rings. The number of hydrogen-bond donors (Lipinski definition) is 0. The summed E-state index contributed by atoms with van der Waals surface area (Å²) < 4.78 is 7.72. The summed E-state index contributed by atoms with van der Waals surface area (Å²) in [5.41, 5.74) is 3.47. The lowest BCUT2D eigenvalue weighted by atomic mass is 9.48. The number of aromatic nitrogens is 1. The van der Waals surface area contributed by atoms with Crippen LogP contribution in [0.1, 0.15) is 67.7 Å². The van der Waals surface area contributed by atoms with Crippen molar-refractivity contribution in [2.75, 3.05) is 20.2 Å². The molecule has 8 rings (SSSR count). The Morgan fingerprint density at radius 3 is 2.46 bits per heavy atom. The molecule has 6 bridgehead atoms. The maximum Gasteiger partial charge on any atom is 0.250 e. The van der Waals surface area contributed by atoms with Crippen LogP contribution in [0.3, 0.4) is 0 Å². The zero-order valence-electron chi connectivity index (χ0n) is 21.9. The molecule has 194 valence electrons. The minimum Gasteiger partial charge on any atom is -0.496 e. The normalized spacial score (nSPS) is 34.0. The van der Waals surface area contributed by atoms with Crippen LogP contribution >= 0.6 is 0 Å². The summed E-state index contributed by atoms with van der Waals surface area (Å²) in [4.78, 5) is 28.4. The van der Waals surface area contributed by atoms with E-state index in [2.05, 4.69) is 23.1 Å². The van der Waals surface area contributed by atoms with Gasteiger partial charge in [0.1, 0.15) is 5.75 Å². The fourth-order valence-electron chi connectivity index (χ4n) is 9.15. The Kier molecular flexibility index (Phi) is 5.69. The smallest absolute Gasteiger partial charge is 0.250 e. The number of likely N-dealkylation sites (tertiary alicyclic amines) is 1. The van der Waals surface area contributed by atoms with Crippen LogP contribution in [0.15, 0.2) is 47.3 Å². The van der Waals surface area contributed by atoms with Crippen LogP contribution < -0.4 is 10.3 Å². The molecule has 2 aromatic rings. The monoisotopic (exact) mass is 498 g/mol. The Morgan fingerprint density at radius 1 is 0.973 bits per heavy atom. The average molecular weight is 499 g/mol. The Morgan fingerprint density at radius 2 is 1.73 bits per heavy atom. The van der Waals surface area contributed by atoms with Gasteiger partial charge in [-0.05, 0) is 98.5 Å². The van der Waals surface area contributed by atoms with Gasteiger partial charge >= 0.3 is 0 Å². The molecule has 0 N–H and O–H groups in total. The summed E-state index contributed by atoms with van der Waals surface area (Å²) in [6.07, 6.45) is 12.5. The average Bonchev–Trinajstić information content (AvgIpc) is 2.87. The Labute approximate surface area is 219 Å². The van der Waals surface area contributed by atoms with Gasteiger partial charge in [-0.3, -0.25) is 14.5 Å². The lowest BCUT2D eigenvalue weighted by Gasteiger charge is -2.55. The van der Waals surface area contributed by atoms with Crippen molar-refractivity contribution in [2.45, 2.75) is 64.0 Å². The summed E-state index contributed by atoms with van der Waals surface area (Å²) in [7, 11) is 1.73. The van der Waals surface area contributed by atoms with E-state index in [9.17, 15) is 9.59 Å². The highest BCUT2D eigenvalue weighted by molar-refractivity contribution is 5.98. The third-order valence-corrected chi connectivity index (χ3v) is 10.2. The predicted octanol–water partition coefficient (Wildman–Crippen LogP) is 5.27. The van der Waals surface area contributed by atoms with Crippen molar-refractivity contribution < 1.29 is 9.53 Å². The van der Waals surface area contributed by atoms with Crippen LogP contribution in [-0.4, -0.2) is 35.4 Å². The molecule has 1 saturated heterocycles. The van der Waals surface area contributed by atoms with E-state index in [1.807, 2.05) is 28.9 Å². The van der Waals surface area contributed by atoms with Crippen LogP contribution in [0.2, 0.25) is 0 Å². The first-order chi connectivity index (χ1) is 18.0. The summed E-state index contributed by atoms with van der Waals surface area (Å²) in [5.74, 6) is 4.51. The molecule has 1 unspecified atom stereocenters. The van der Waals surface area contributed by atoms with Gasteiger partial charge in [0.25, 0.3) is 5.56 Å². The van der Waals surface area contributed by atoms with E-state index in [0.717, 1.165) is 86.5 Å². The van der Waals surface area contributed by atoms with E-state index in [0.29, 0.717) is 17.6 Å². The third kappa shape index (κ3) is 4.20. The maximum absolute atomic E-state index is 13.5. The summed E-state index contributed by atoms with van der Waals surface area (Å²) in [5, 5.41) is 0. The molecule has 0 amide bonds. The number of ether oxygens (including phenoxy) is 1. The van der Waals surface area contributed by atoms with Crippen LogP contribution in [0, 0.1) is 29.1 Å². The number of hydrogen-bond acceptors (Lipinski definition) is 4. The van der Waals surface area contributed by atoms with Gasteiger partial charge in [-0.25, -0.2) is 0 Å². The van der Waals surface area contributed by atoms with E-state index < -0.39 is 0 Å². The second kappa shape index (κ2) is 8.97. The Hall–Kier alpha value is -2.66. The molecule has 0 spiro atoms. The molecule has 3 heterocycles. The van der Waals surface area contributed by atoms with E-state index in [4.69, 9.17) is 4.74 Å². The van der Waals surface area contributed by atoms with Crippen molar-refractivity contribution in [2.24, 2.45) is 29.1 Å². The molecule has 1 aromatic heterocycles. The first kappa shape index (κ1) is 23.5. The van der Waals surface area contributed by atoms with Crippen molar-refractivity contribution in [1.29, 1.82) is 0 Å². The van der Waals surface area contributed by atoms with Crippen molar-refractivity contribution in [3.8, 4) is 5.75 Å². The number of piperidine rings is 1. The molecule has 1 aromatic carbocycles. The number of nitrogens with zero attached hydrogens (tertiary/aromatic N) is 2. The topological polar surface area (TPSA) is 51.5 Å². The quantitative estimate of drug-likeness (QED) is 0.509. The summed E-state index contributed by atoms with van der Waals surface area (Å²) >= 11 is 0. The minimum absolute atomic E-state index is 0.0790. The van der Waals surface area contributed by atoms with Crippen molar-refractivity contribution in [3.63, 3.8) is 0 Å². The molecule has 5 fully saturated rings. The highest BCUT2D eigenvalue weighted by atomic mass is 16.5. The molecule has 5 heteroatoms. The molecule has 4 aliphatic carbocycles. The summed E-state index contributed by atoms with van der Waals surface area (Å²) in [6.45, 7) is 3.57. The number of methoxy groups -OCH3 is 1. The fraction of sp³-hybridized carbons (Fsp3) is 0.562. The van der Waals surface area contributed by atoms with Gasteiger partial charge in [0, 0.05) is 54.8 Å². The van der Waals surface area contributed by atoms with Gasteiger partial charge in [0.05, 0.1) is 7.11 Å². The molecule has 2 atom stereocenters. The third-order valence-electron chi connectivity index (χ3n) is 10.2. The molecule has 37 heavy (non-hydrogen) atoms. The first-order valence-corrected chi connectivity index (χ1v) is 14.3. The van der Waals surface area contributed by atoms with Crippen LogP contribution in [0.25, 0.3) is 6.08 Å². The lowest BCUT2D eigenvalue weighted by molar-refractivity contribution is -0.138. The van der Waals surface area contributed by atoms with Crippen molar-refractivity contribution >= 4 is 11.9 Å². The number of allylic oxidation sites excluding steroid dienone is 1. The zero-order chi connectivity index (χ0) is 25.1. The SMILES string of the molecule is COc1ccc(/C=C/C(=O)C23CC4CC(CC(C4)C2)C3)cc1CN1CC2C[C@@H](C1)c1cccc(=O)n1C2. The van der Waals surface area contributed by atoms with Crippen molar-refractivity contribution in [1.82, 2.24) is 9.47 Å². The molecule has 0 radical (unpaired) electrons. The Balaban J connectivity index is 1.08. The fourth-order valence-corrected chi connectivity index (χ4v) is 9.15. The van der Waals surface area contributed by atoms with Crippen LogP contribution in [0.5, 0.6) is 5.75 Å². The number of fused-ring (bicyclic) bond motifs is 4. The molecule has 4 saturated carbocycles. The highest BCUT2D eigenvalue weighted by Gasteiger charge is 2.53. The number of carbonyl (C=O) groups is 1. The molecule has 2 aliphatic heterocycles. The zero-order valence-corrected chi connectivity index (χ0v) is 21.9. The number of carbonyl (C=O) groups excluding carboxylic acids is 1. The number of benzene rings is 1. The van der Waals surface area contributed by atoms with Gasteiger partial charge < -0.3 is 9.30 Å². The standard InChI is InChI=1S/C32H38N2O3/c1-37-29-7-5-21(6-8-30(35)32-14-22-9-23(15-32)11-24(10-22)16-32)12-27(29)20-33-17-25-13-26(19-33)28-3-2-4-31(36)34(28)18-25/h2-8,12,22-26H,9-11,13-20H2,1H3/b8-6+/t22?,23?,24?,25?,26-,32?/m0/s1. The van der Waals surface area contributed by atoms with Crippen molar-refractivity contribution in [3.05, 3.63) is 69.6 Å². The maximum atomic E-state index is 13.5. The molecular formula is C32H38N2O3. The van der Waals surface area contributed by atoms with Gasteiger partial charge in [-0.1, -0.05) is 18.2 Å². The van der Waals surface area contributed by atoms with Crippen LogP contribution in [-0.2, 0) is 17.9 Å². The number of pyridine rings is 1.